The maximum Gasteiger partial charge on any atom is 0.234 e. The second-order valence-corrected chi connectivity index (χ2v) is 7.34. The van der Waals surface area contributed by atoms with Crippen LogP contribution in [0.15, 0.2) is 47.8 Å². The maximum absolute atomic E-state index is 12.9. The molecule has 29 heavy (non-hydrogen) atoms. The summed E-state index contributed by atoms with van der Waals surface area (Å²) >= 11 is 1.32. The van der Waals surface area contributed by atoms with Crippen LogP contribution in [0.4, 0.5) is 10.8 Å². The monoisotopic (exact) mass is 409 g/mol. The summed E-state index contributed by atoms with van der Waals surface area (Å²) < 4.78 is 10.7. The second-order valence-electron chi connectivity index (χ2n) is 6.49. The zero-order valence-corrected chi connectivity index (χ0v) is 16.7. The number of methoxy groups -OCH3 is 2. The predicted molar refractivity (Wildman–Crippen MR) is 112 cm³/mol. The lowest BCUT2D eigenvalue weighted by Crippen LogP contribution is -2.30. The average Bonchev–Trinajstić information content (AvgIpc) is 3.20. The van der Waals surface area contributed by atoms with Gasteiger partial charge < -0.3 is 20.1 Å². The number of amides is 2. The molecule has 2 aromatic carbocycles. The van der Waals surface area contributed by atoms with Gasteiger partial charge in [-0.25, -0.2) is 4.98 Å². The first kappa shape index (κ1) is 18.9. The molecule has 8 heteroatoms. The van der Waals surface area contributed by atoms with Gasteiger partial charge in [-0.3, -0.25) is 9.59 Å². The third-order valence-corrected chi connectivity index (χ3v) is 5.49. The van der Waals surface area contributed by atoms with Crippen LogP contribution in [-0.2, 0) is 9.59 Å². The van der Waals surface area contributed by atoms with E-state index in [1.165, 1.54) is 11.3 Å². The standard InChI is InChI=1S/C21H19N3O4S/c1-27-12-7-8-14(18(9-12)28-2)17-11-29-21(23-17)24-20(26)15-10-19(25)22-16-6-4-3-5-13(15)16/h3-9,11,15H,10H2,1-2H3,(H,22,25)(H,23,24,26). The highest BCUT2D eigenvalue weighted by atomic mass is 32.1. The number of carbonyl (C=O) groups is 2. The minimum absolute atomic E-state index is 0.105. The number of hydrogen-bond donors (Lipinski definition) is 2. The van der Waals surface area contributed by atoms with E-state index < -0.39 is 5.92 Å². The Morgan fingerprint density at radius 3 is 2.83 bits per heavy atom. The van der Waals surface area contributed by atoms with Crippen LogP contribution in [0.3, 0.4) is 0 Å². The van der Waals surface area contributed by atoms with Crippen LogP contribution < -0.4 is 20.1 Å². The minimum atomic E-state index is -0.553. The summed E-state index contributed by atoms with van der Waals surface area (Å²) in [4.78, 5) is 29.4. The molecule has 0 saturated heterocycles. The normalized spacial score (nSPS) is 15.2. The Morgan fingerprint density at radius 1 is 1.21 bits per heavy atom. The van der Waals surface area contributed by atoms with Crippen molar-refractivity contribution in [3.8, 4) is 22.8 Å². The summed E-state index contributed by atoms with van der Waals surface area (Å²) in [5, 5.41) is 7.96. The van der Waals surface area contributed by atoms with Gasteiger partial charge >= 0.3 is 0 Å². The van der Waals surface area contributed by atoms with E-state index in [9.17, 15) is 9.59 Å². The van der Waals surface area contributed by atoms with Crippen molar-refractivity contribution >= 4 is 34.0 Å². The van der Waals surface area contributed by atoms with Gasteiger partial charge in [-0.15, -0.1) is 11.3 Å². The predicted octanol–water partition coefficient (Wildman–Crippen LogP) is 3.89. The van der Waals surface area contributed by atoms with Gasteiger partial charge in [0.05, 0.1) is 25.8 Å². The molecule has 2 N–H and O–H groups in total. The molecule has 3 aromatic rings. The molecule has 2 heterocycles. The summed E-state index contributed by atoms with van der Waals surface area (Å²) in [5.41, 5.74) is 2.96. The number of para-hydroxylation sites is 1. The van der Waals surface area contributed by atoms with Gasteiger partial charge in [0.1, 0.15) is 11.5 Å². The van der Waals surface area contributed by atoms with Crippen molar-refractivity contribution in [2.24, 2.45) is 0 Å². The van der Waals surface area contributed by atoms with E-state index in [0.29, 0.717) is 28.0 Å². The Morgan fingerprint density at radius 2 is 2.03 bits per heavy atom. The smallest absolute Gasteiger partial charge is 0.234 e. The van der Waals surface area contributed by atoms with Crippen LogP contribution in [0.5, 0.6) is 11.5 Å². The van der Waals surface area contributed by atoms with Crippen LogP contribution in [0.2, 0.25) is 0 Å². The summed E-state index contributed by atoms with van der Waals surface area (Å²) in [7, 11) is 3.17. The van der Waals surface area contributed by atoms with Crippen LogP contribution in [0, 0.1) is 0 Å². The molecule has 1 aliphatic rings. The summed E-state index contributed by atoms with van der Waals surface area (Å²) in [6, 6.07) is 12.8. The lowest BCUT2D eigenvalue weighted by Gasteiger charge is -2.24. The van der Waals surface area contributed by atoms with Gasteiger partial charge in [0.15, 0.2) is 5.13 Å². The number of nitrogens with one attached hydrogen (secondary N) is 2. The molecule has 0 fully saturated rings. The van der Waals surface area contributed by atoms with Crippen molar-refractivity contribution in [3.05, 3.63) is 53.4 Å². The average molecular weight is 409 g/mol. The molecule has 1 aromatic heterocycles. The van der Waals surface area contributed by atoms with E-state index in [-0.39, 0.29) is 18.2 Å². The number of thiazole rings is 1. The highest BCUT2D eigenvalue weighted by molar-refractivity contribution is 7.14. The molecular weight excluding hydrogens is 390 g/mol. The number of carbonyl (C=O) groups excluding carboxylic acids is 2. The van der Waals surface area contributed by atoms with E-state index in [1.807, 2.05) is 35.7 Å². The van der Waals surface area contributed by atoms with Crippen molar-refractivity contribution < 1.29 is 19.1 Å². The number of benzene rings is 2. The molecule has 0 bridgehead atoms. The maximum atomic E-state index is 12.9. The Bertz CT molecular complexity index is 1080. The first-order chi connectivity index (χ1) is 14.1. The Kier molecular flexibility index (Phi) is 5.18. The highest BCUT2D eigenvalue weighted by Crippen LogP contribution is 2.36. The summed E-state index contributed by atoms with van der Waals surface area (Å²) in [5.74, 6) is 0.332. The van der Waals surface area contributed by atoms with E-state index in [0.717, 1.165) is 11.1 Å². The van der Waals surface area contributed by atoms with Crippen molar-refractivity contribution in [3.63, 3.8) is 0 Å². The Balaban J connectivity index is 1.56. The molecule has 1 aliphatic heterocycles. The summed E-state index contributed by atoms with van der Waals surface area (Å²) in [6.07, 6.45) is 0.105. The lowest BCUT2D eigenvalue weighted by atomic mass is 9.90. The fraction of sp³-hybridized carbons (Fsp3) is 0.190. The molecule has 0 aliphatic carbocycles. The molecule has 1 unspecified atom stereocenters. The highest BCUT2D eigenvalue weighted by Gasteiger charge is 2.30. The van der Waals surface area contributed by atoms with Crippen molar-refractivity contribution in [1.29, 1.82) is 0 Å². The molecule has 0 spiro atoms. The molecule has 148 valence electrons. The molecule has 0 radical (unpaired) electrons. The van der Waals surface area contributed by atoms with E-state index in [2.05, 4.69) is 15.6 Å². The van der Waals surface area contributed by atoms with Gasteiger partial charge in [0.25, 0.3) is 0 Å². The number of nitrogens with zero attached hydrogens (tertiary/aromatic N) is 1. The van der Waals surface area contributed by atoms with E-state index in [4.69, 9.17) is 9.47 Å². The van der Waals surface area contributed by atoms with Crippen molar-refractivity contribution in [1.82, 2.24) is 4.98 Å². The fourth-order valence-electron chi connectivity index (χ4n) is 3.30. The Hall–Kier alpha value is -3.39. The quantitative estimate of drug-likeness (QED) is 0.667. The van der Waals surface area contributed by atoms with Crippen molar-refractivity contribution in [2.45, 2.75) is 12.3 Å². The number of rotatable bonds is 5. The zero-order valence-electron chi connectivity index (χ0n) is 15.9. The first-order valence-electron chi connectivity index (χ1n) is 8.96. The molecule has 2 amide bonds. The van der Waals surface area contributed by atoms with Crippen LogP contribution in [-0.4, -0.2) is 31.0 Å². The van der Waals surface area contributed by atoms with E-state index in [1.54, 1.807) is 26.4 Å². The lowest BCUT2D eigenvalue weighted by molar-refractivity contribution is -0.123. The van der Waals surface area contributed by atoms with Crippen LogP contribution in [0.1, 0.15) is 17.9 Å². The molecule has 4 rings (SSSR count). The van der Waals surface area contributed by atoms with Gasteiger partial charge in [-0.1, -0.05) is 18.2 Å². The molecule has 0 saturated carbocycles. The van der Waals surface area contributed by atoms with Gasteiger partial charge in [-0.05, 0) is 23.8 Å². The number of fused-ring (bicyclic) bond motifs is 1. The van der Waals surface area contributed by atoms with E-state index >= 15 is 0 Å². The summed E-state index contributed by atoms with van der Waals surface area (Å²) in [6.45, 7) is 0. The topological polar surface area (TPSA) is 89.5 Å². The third kappa shape index (κ3) is 3.79. The van der Waals surface area contributed by atoms with Crippen molar-refractivity contribution in [2.75, 3.05) is 24.9 Å². The minimum Gasteiger partial charge on any atom is -0.497 e. The van der Waals surface area contributed by atoms with Gasteiger partial charge in [-0.2, -0.15) is 0 Å². The number of hydrogen-bond acceptors (Lipinski definition) is 6. The SMILES string of the molecule is COc1ccc(-c2csc(NC(=O)C3CC(=O)Nc4ccccc43)n2)c(OC)c1. The molecule has 1 atom stereocenters. The molecular formula is C21H19N3O4S. The fourth-order valence-corrected chi connectivity index (χ4v) is 4.02. The zero-order chi connectivity index (χ0) is 20.4. The molecule has 7 nitrogen and oxygen atoms in total. The number of ether oxygens (including phenoxy) is 2. The third-order valence-electron chi connectivity index (χ3n) is 4.74. The van der Waals surface area contributed by atoms with Gasteiger partial charge in [0.2, 0.25) is 11.8 Å². The number of aromatic nitrogens is 1. The van der Waals surface area contributed by atoms with Gasteiger partial charge in [0, 0.05) is 29.1 Å². The van der Waals surface area contributed by atoms with Crippen LogP contribution in [0.25, 0.3) is 11.3 Å². The number of anilines is 2. The van der Waals surface area contributed by atoms with Crippen LogP contribution >= 0.6 is 11.3 Å². The second kappa shape index (κ2) is 7.92. The Labute approximate surface area is 171 Å². The largest absolute Gasteiger partial charge is 0.497 e. The first-order valence-corrected chi connectivity index (χ1v) is 9.84.